The number of nitrogens with zero attached hydrogens (tertiary/aromatic N) is 3. The van der Waals surface area contributed by atoms with Crippen molar-refractivity contribution in [3.8, 4) is 11.3 Å². The number of carbonyl (C=O) groups excluding carboxylic acids is 1. The van der Waals surface area contributed by atoms with E-state index in [1.165, 1.54) is 12.1 Å². The van der Waals surface area contributed by atoms with E-state index >= 15 is 0 Å². The number of anilines is 3. The Morgan fingerprint density at radius 1 is 1.05 bits per heavy atom. The number of nitrogens with one attached hydrogen (secondary N) is 2. The molecule has 2 amide bonds. The van der Waals surface area contributed by atoms with Crippen LogP contribution in [0.3, 0.4) is 0 Å². The zero-order valence-electron chi connectivity index (χ0n) is 20.7. The standard InChI is InChI=1S/C28H25F3N6O/c1-3-16(2)26-36-23(24-25(32)33-13-14-37(24)26)21-11-12-22(20-10-5-4-9-19(20)21)35-27(38)34-18-8-6-7-17(15-18)28(29,30)31/h4-16H,3H2,1-2H3,(H2,32,33)(H2,34,35,38)/t16-/m1/s1. The molecule has 10 heteroatoms. The fourth-order valence-corrected chi connectivity index (χ4v) is 4.48. The van der Waals surface area contributed by atoms with Crippen molar-refractivity contribution in [1.82, 2.24) is 14.4 Å². The number of carbonyl (C=O) groups is 1. The first-order chi connectivity index (χ1) is 18.2. The van der Waals surface area contributed by atoms with Gasteiger partial charge in [0.2, 0.25) is 0 Å². The van der Waals surface area contributed by atoms with Gasteiger partial charge in [0.15, 0.2) is 0 Å². The van der Waals surface area contributed by atoms with Crippen LogP contribution in [0.2, 0.25) is 0 Å². The minimum Gasteiger partial charge on any atom is -0.382 e. The largest absolute Gasteiger partial charge is 0.416 e. The second-order valence-corrected chi connectivity index (χ2v) is 9.02. The maximum absolute atomic E-state index is 13.0. The van der Waals surface area contributed by atoms with Gasteiger partial charge in [0, 0.05) is 34.9 Å². The molecule has 0 aliphatic carbocycles. The fraction of sp³-hybridized carbons (Fsp3) is 0.179. The van der Waals surface area contributed by atoms with E-state index in [0.29, 0.717) is 22.7 Å². The highest BCUT2D eigenvalue weighted by molar-refractivity contribution is 6.10. The second-order valence-electron chi connectivity index (χ2n) is 9.02. The monoisotopic (exact) mass is 518 g/mol. The molecular weight excluding hydrogens is 493 g/mol. The van der Waals surface area contributed by atoms with Gasteiger partial charge in [0.05, 0.1) is 11.3 Å². The topological polar surface area (TPSA) is 97.3 Å². The van der Waals surface area contributed by atoms with Crippen molar-refractivity contribution in [3.63, 3.8) is 0 Å². The Kier molecular flexibility index (Phi) is 6.40. The predicted molar refractivity (Wildman–Crippen MR) is 143 cm³/mol. The van der Waals surface area contributed by atoms with E-state index in [-0.39, 0.29) is 11.6 Å². The molecule has 7 nitrogen and oxygen atoms in total. The van der Waals surface area contributed by atoms with E-state index in [1.54, 1.807) is 12.3 Å². The summed E-state index contributed by atoms with van der Waals surface area (Å²) < 4.78 is 41.1. The van der Waals surface area contributed by atoms with Gasteiger partial charge in [0.25, 0.3) is 0 Å². The number of amides is 2. The first kappa shape index (κ1) is 25.1. The predicted octanol–water partition coefficient (Wildman–Crippen LogP) is 7.31. The third-order valence-corrected chi connectivity index (χ3v) is 6.54. The van der Waals surface area contributed by atoms with E-state index in [9.17, 15) is 18.0 Å². The summed E-state index contributed by atoms with van der Waals surface area (Å²) in [6.45, 7) is 4.19. The number of urea groups is 1. The summed E-state index contributed by atoms with van der Waals surface area (Å²) in [6.07, 6.45) is -0.121. The molecular formula is C28H25F3N6O. The molecule has 2 aromatic heterocycles. The Hall–Kier alpha value is -4.60. The number of aromatic nitrogens is 3. The number of halogens is 3. The molecule has 3 aromatic carbocycles. The molecule has 2 heterocycles. The molecule has 0 spiro atoms. The van der Waals surface area contributed by atoms with Gasteiger partial charge >= 0.3 is 12.2 Å². The first-order valence-electron chi connectivity index (χ1n) is 12.1. The molecule has 4 N–H and O–H groups in total. The van der Waals surface area contributed by atoms with Crippen LogP contribution in [0.4, 0.5) is 35.2 Å². The number of alkyl halides is 3. The highest BCUT2D eigenvalue weighted by Gasteiger charge is 2.30. The number of benzene rings is 3. The average Bonchev–Trinajstić information content (AvgIpc) is 3.29. The van der Waals surface area contributed by atoms with Crippen LogP contribution < -0.4 is 16.4 Å². The minimum atomic E-state index is -4.51. The summed E-state index contributed by atoms with van der Waals surface area (Å²) in [5.41, 5.74) is 8.17. The summed E-state index contributed by atoms with van der Waals surface area (Å²) in [5, 5.41) is 6.79. The molecule has 38 heavy (non-hydrogen) atoms. The number of hydrogen-bond donors (Lipinski definition) is 3. The number of fused-ring (bicyclic) bond motifs is 2. The number of imidazole rings is 1. The van der Waals surface area contributed by atoms with Crippen LogP contribution >= 0.6 is 0 Å². The zero-order valence-corrected chi connectivity index (χ0v) is 20.7. The van der Waals surface area contributed by atoms with Crippen LogP contribution in [-0.4, -0.2) is 20.4 Å². The van der Waals surface area contributed by atoms with Crippen molar-refractivity contribution < 1.29 is 18.0 Å². The van der Waals surface area contributed by atoms with Crippen molar-refractivity contribution >= 4 is 39.5 Å². The summed E-state index contributed by atoms with van der Waals surface area (Å²) in [5.74, 6) is 1.42. The van der Waals surface area contributed by atoms with Gasteiger partial charge < -0.3 is 16.4 Å². The molecule has 0 aliphatic rings. The van der Waals surface area contributed by atoms with Crippen molar-refractivity contribution in [2.45, 2.75) is 32.4 Å². The van der Waals surface area contributed by atoms with Gasteiger partial charge in [-0.3, -0.25) is 4.40 Å². The van der Waals surface area contributed by atoms with E-state index in [1.807, 2.05) is 40.9 Å². The zero-order chi connectivity index (χ0) is 27.0. The van der Waals surface area contributed by atoms with Gasteiger partial charge in [-0.05, 0) is 36.1 Å². The lowest BCUT2D eigenvalue weighted by Gasteiger charge is -2.14. The summed E-state index contributed by atoms with van der Waals surface area (Å²) in [7, 11) is 0. The normalized spacial score (nSPS) is 12.6. The Bertz CT molecular complexity index is 1660. The molecule has 194 valence electrons. The molecule has 5 aromatic rings. The maximum Gasteiger partial charge on any atom is 0.416 e. The number of hydrogen-bond acceptors (Lipinski definition) is 4. The summed E-state index contributed by atoms with van der Waals surface area (Å²) in [4.78, 5) is 22.0. The highest BCUT2D eigenvalue weighted by atomic mass is 19.4. The number of nitrogen functional groups attached to an aromatic ring is 1. The summed E-state index contributed by atoms with van der Waals surface area (Å²) in [6, 6.07) is 14.9. The van der Waals surface area contributed by atoms with Crippen LogP contribution in [-0.2, 0) is 6.18 Å². The Labute approximate surface area is 216 Å². The van der Waals surface area contributed by atoms with Crippen molar-refractivity contribution in [3.05, 3.63) is 84.4 Å². The molecule has 0 fully saturated rings. The molecule has 0 saturated heterocycles. The van der Waals surface area contributed by atoms with Crippen LogP contribution in [0, 0.1) is 0 Å². The molecule has 0 saturated carbocycles. The lowest BCUT2D eigenvalue weighted by Crippen LogP contribution is -2.20. The minimum absolute atomic E-state index is 0.0308. The van der Waals surface area contributed by atoms with E-state index in [2.05, 4.69) is 29.5 Å². The van der Waals surface area contributed by atoms with Crippen LogP contribution in [0.15, 0.2) is 73.1 Å². The van der Waals surface area contributed by atoms with Crippen molar-refractivity contribution in [2.24, 2.45) is 0 Å². The Morgan fingerprint density at radius 3 is 2.55 bits per heavy atom. The average molecular weight is 519 g/mol. The fourth-order valence-electron chi connectivity index (χ4n) is 4.48. The van der Waals surface area contributed by atoms with Crippen LogP contribution in [0.25, 0.3) is 27.5 Å². The lowest BCUT2D eigenvalue weighted by atomic mass is 10.00. The van der Waals surface area contributed by atoms with E-state index < -0.39 is 17.8 Å². The Balaban J connectivity index is 1.53. The molecule has 0 radical (unpaired) electrons. The molecule has 0 bridgehead atoms. The maximum atomic E-state index is 13.0. The molecule has 0 unspecified atom stereocenters. The number of rotatable bonds is 5. The third-order valence-electron chi connectivity index (χ3n) is 6.54. The third kappa shape index (κ3) is 4.60. The summed E-state index contributed by atoms with van der Waals surface area (Å²) >= 11 is 0. The molecule has 1 atom stereocenters. The van der Waals surface area contributed by atoms with Gasteiger partial charge in [0.1, 0.15) is 22.9 Å². The van der Waals surface area contributed by atoms with Crippen molar-refractivity contribution in [2.75, 3.05) is 16.4 Å². The second kappa shape index (κ2) is 9.70. The quantitative estimate of drug-likeness (QED) is 0.227. The number of nitrogens with two attached hydrogens (primary N) is 1. The smallest absolute Gasteiger partial charge is 0.382 e. The van der Waals surface area contributed by atoms with Gasteiger partial charge in [-0.25, -0.2) is 14.8 Å². The first-order valence-corrected chi connectivity index (χ1v) is 12.1. The van der Waals surface area contributed by atoms with Crippen molar-refractivity contribution in [1.29, 1.82) is 0 Å². The van der Waals surface area contributed by atoms with Gasteiger partial charge in [-0.2, -0.15) is 13.2 Å². The van der Waals surface area contributed by atoms with Crippen LogP contribution in [0.5, 0.6) is 0 Å². The van der Waals surface area contributed by atoms with Gasteiger partial charge in [-0.15, -0.1) is 0 Å². The highest BCUT2D eigenvalue weighted by Crippen LogP contribution is 2.38. The lowest BCUT2D eigenvalue weighted by molar-refractivity contribution is -0.137. The van der Waals surface area contributed by atoms with E-state index in [0.717, 1.165) is 40.7 Å². The molecule has 5 rings (SSSR count). The SMILES string of the molecule is CC[C@@H](C)c1nc(-c2ccc(NC(=O)Nc3cccc(C(F)(F)F)c3)c3ccccc23)c2c(N)nccn12. The molecule has 0 aliphatic heterocycles. The van der Waals surface area contributed by atoms with Crippen LogP contribution in [0.1, 0.15) is 37.6 Å². The van der Waals surface area contributed by atoms with E-state index in [4.69, 9.17) is 10.7 Å². The Morgan fingerprint density at radius 2 is 1.82 bits per heavy atom. The van der Waals surface area contributed by atoms with Gasteiger partial charge in [-0.1, -0.05) is 50.2 Å².